The van der Waals surface area contributed by atoms with E-state index in [4.69, 9.17) is 9.47 Å². The van der Waals surface area contributed by atoms with Gasteiger partial charge in [0.05, 0.1) is 18.8 Å². The fraction of sp³-hybridized carbons (Fsp3) is 0.731. The zero-order valence-corrected chi connectivity index (χ0v) is 21.9. The lowest BCUT2D eigenvalue weighted by Gasteiger charge is -2.21. The maximum atomic E-state index is 13.4. The lowest BCUT2D eigenvalue weighted by molar-refractivity contribution is -0.139. The van der Waals surface area contributed by atoms with Gasteiger partial charge in [-0.05, 0) is 37.0 Å². The molecule has 0 aromatic heterocycles. The van der Waals surface area contributed by atoms with Crippen LogP contribution in [0.25, 0.3) is 0 Å². The minimum Gasteiger partial charge on any atom is -0.493 e. The van der Waals surface area contributed by atoms with E-state index < -0.39 is 17.3 Å². The van der Waals surface area contributed by atoms with Crippen molar-refractivity contribution >= 4 is 5.90 Å². The van der Waals surface area contributed by atoms with Crippen molar-refractivity contribution in [2.24, 2.45) is 4.99 Å². The van der Waals surface area contributed by atoms with Crippen molar-refractivity contribution in [1.29, 1.82) is 0 Å². The second-order valence-corrected chi connectivity index (χ2v) is 7.04. The Morgan fingerprint density at radius 1 is 1.06 bits per heavy atom. The van der Waals surface area contributed by atoms with Gasteiger partial charge in [0.1, 0.15) is 17.9 Å². The molecule has 1 aliphatic heterocycles. The van der Waals surface area contributed by atoms with E-state index in [1.807, 2.05) is 41.5 Å². The molecule has 0 saturated heterocycles. The molecule has 0 aliphatic carbocycles. The van der Waals surface area contributed by atoms with Crippen LogP contribution in [0.4, 0.5) is 13.2 Å². The van der Waals surface area contributed by atoms with Crippen molar-refractivity contribution in [3.05, 3.63) is 29.3 Å². The van der Waals surface area contributed by atoms with E-state index in [9.17, 15) is 18.3 Å². The van der Waals surface area contributed by atoms with E-state index in [1.54, 1.807) is 13.0 Å². The number of aliphatic imine (C=N–C) groups is 1. The van der Waals surface area contributed by atoms with Gasteiger partial charge >= 0.3 is 6.18 Å². The number of benzene rings is 1. The maximum absolute atomic E-state index is 13.4. The second kappa shape index (κ2) is 18.6. The van der Waals surface area contributed by atoms with Crippen molar-refractivity contribution in [2.45, 2.75) is 106 Å². The Balaban J connectivity index is 0. The number of alkyl halides is 3. The minimum absolute atomic E-state index is 0.127. The highest BCUT2D eigenvalue weighted by Gasteiger charge is 2.36. The number of rotatable bonds is 10. The number of aryl methyl sites for hydroxylation is 1. The average molecular weight is 478 g/mol. The zero-order valence-electron chi connectivity index (χ0n) is 21.9. The molecule has 1 heterocycles. The minimum atomic E-state index is -4.48. The monoisotopic (exact) mass is 477 g/mol. The fourth-order valence-electron chi connectivity index (χ4n) is 3.09. The van der Waals surface area contributed by atoms with E-state index in [0.717, 1.165) is 31.7 Å². The SMILES string of the molecule is CC.CC.CC.CCCCCCOc1ccc(CCC2(CO)COC(C)=N2)cc1C(F)(F)F. The summed E-state index contributed by atoms with van der Waals surface area (Å²) in [5.74, 6) is 0.365. The molecule has 1 unspecified atom stereocenters. The summed E-state index contributed by atoms with van der Waals surface area (Å²) in [6, 6.07) is 4.18. The Bertz CT molecular complexity index is 648. The molecule has 1 aromatic rings. The first-order chi connectivity index (χ1) is 15.8. The summed E-state index contributed by atoms with van der Waals surface area (Å²) in [5.41, 5.74) is -0.985. The van der Waals surface area contributed by atoms with Crippen molar-refractivity contribution in [1.82, 2.24) is 0 Å². The molecule has 1 atom stereocenters. The zero-order chi connectivity index (χ0) is 25.9. The Labute approximate surface area is 199 Å². The summed E-state index contributed by atoms with van der Waals surface area (Å²) >= 11 is 0. The number of hydrogen-bond donors (Lipinski definition) is 1. The smallest absolute Gasteiger partial charge is 0.419 e. The van der Waals surface area contributed by atoms with Crippen LogP contribution >= 0.6 is 0 Å². The first-order valence-corrected chi connectivity index (χ1v) is 12.4. The number of aliphatic hydroxyl groups excluding tert-OH is 1. The molecule has 4 nitrogen and oxygen atoms in total. The van der Waals surface area contributed by atoms with Crippen molar-refractivity contribution in [3.63, 3.8) is 0 Å². The van der Waals surface area contributed by atoms with E-state index in [1.165, 1.54) is 6.07 Å². The van der Waals surface area contributed by atoms with Gasteiger partial charge < -0.3 is 14.6 Å². The van der Waals surface area contributed by atoms with Gasteiger partial charge in [-0.1, -0.05) is 73.8 Å². The molecular formula is C26H46F3NO3. The second-order valence-electron chi connectivity index (χ2n) is 7.04. The molecule has 1 aromatic carbocycles. The third-order valence-corrected chi connectivity index (χ3v) is 4.72. The molecule has 7 heteroatoms. The van der Waals surface area contributed by atoms with Crippen LogP contribution in [0.5, 0.6) is 5.75 Å². The fourth-order valence-corrected chi connectivity index (χ4v) is 3.09. The standard InChI is InChI=1S/C20H28F3NO3.3C2H6/c1-3-4-5-6-11-26-18-8-7-16(12-17(18)20(21,22)23)9-10-19(13-25)14-27-15(2)24-19;3*1-2/h7-8,12,25H,3-6,9-11,13-14H2,1-2H3;3*1-2H3. The van der Waals surface area contributed by atoms with Crippen LogP contribution in [-0.4, -0.2) is 36.4 Å². The van der Waals surface area contributed by atoms with Crippen LogP contribution in [0, 0.1) is 0 Å². The van der Waals surface area contributed by atoms with Crippen LogP contribution in [0.1, 0.15) is 98.6 Å². The van der Waals surface area contributed by atoms with E-state index >= 15 is 0 Å². The molecule has 0 bridgehead atoms. The molecule has 0 saturated carbocycles. The normalized spacial score (nSPS) is 16.7. The first kappa shape index (κ1) is 33.4. The molecule has 194 valence electrons. The Morgan fingerprint density at radius 3 is 2.18 bits per heavy atom. The Morgan fingerprint density at radius 2 is 1.70 bits per heavy atom. The predicted molar refractivity (Wildman–Crippen MR) is 132 cm³/mol. The van der Waals surface area contributed by atoms with Gasteiger partial charge in [-0.3, -0.25) is 0 Å². The van der Waals surface area contributed by atoms with E-state index in [2.05, 4.69) is 11.9 Å². The predicted octanol–water partition coefficient (Wildman–Crippen LogP) is 7.86. The van der Waals surface area contributed by atoms with Crippen LogP contribution in [0.2, 0.25) is 0 Å². The number of ether oxygens (including phenoxy) is 2. The third kappa shape index (κ3) is 12.3. The van der Waals surface area contributed by atoms with Gasteiger partial charge in [0, 0.05) is 6.92 Å². The van der Waals surface area contributed by atoms with Gasteiger partial charge in [-0.2, -0.15) is 13.2 Å². The highest BCUT2D eigenvalue weighted by Crippen LogP contribution is 2.37. The summed E-state index contributed by atoms with van der Waals surface area (Å²) in [6.07, 6.45) is 0.0914. The van der Waals surface area contributed by atoms with Crippen molar-refractivity contribution < 1.29 is 27.8 Å². The largest absolute Gasteiger partial charge is 0.493 e. The molecule has 1 aliphatic rings. The lowest BCUT2D eigenvalue weighted by Crippen LogP contribution is -2.33. The summed E-state index contributed by atoms with van der Waals surface area (Å²) in [5, 5.41) is 9.61. The van der Waals surface area contributed by atoms with Crippen LogP contribution in [-0.2, 0) is 17.3 Å². The Kier molecular flexibility index (Phi) is 18.9. The van der Waals surface area contributed by atoms with E-state index in [-0.39, 0.29) is 25.6 Å². The van der Waals surface area contributed by atoms with Gasteiger partial charge in [0.2, 0.25) is 0 Å². The van der Waals surface area contributed by atoms with Gasteiger partial charge in [-0.15, -0.1) is 0 Å². The van der Waals surface area contributed by atoms with Gasteiger partial charge in [-0.25, -0.2) is 4.99 Å². The molecule has 0 amide bonds. The number of nitrogens with zero attached hydrogens (tertiary/aromatic N) is 1. The van der Waals surface area contributed by atoms with Gasteiger partial charge in [0.25, 0.3) is 0 Å². The molecular weight excluding hydrogens is 431 g/mol. The number of halogens is 3. The molecule has 2 rings (SSSR count). The Hall–Kier alpha value is -1.76. The summed E-state index contributed by atoms with van der Waals surface area (Å²) in [7, 11) is 0. The third-order valence-electron chi connectivity index (χ3n) is 4.72. The summed E-state index contributed by atoms with van der Waals surface area (Å²) < 4.78 is 51.0. The highest BCUT2D eigenvalue weighted by molar-refractivity contribution is 5.75. The van der Waals surface area contributed by atoms with Crippen LogP contribution in [0.3, 0.4) is 0 Å². The lowest BCUT2D eigenvalue weighted by atomic mass is 9.93. The number of hydrogen-bond acceptors (Lipinski definition) is 4. The molecule has 0 spiro atoms. The highest BCUT2D eigenvalue weighted by atomic mass is 19.4. The maximum Gasteiger partial charge on any atom is 0.419 e. The molecule has 33 heavy (non-hydrogen) atoms. The molecule has 1 N–H and O–H groups in total. The topological polar surface area (TPSA) is 51.0 Å². The average Bonchev–Trinajstić information content (AvgIpc) is 3.22. The molecule has 0 fully saturated rings. The quantitative estimate of drug-likeness (QED) is 0.349. The summed E-state index contributed by atoms with van der Waals surface area (Å²) in [4.78, 5) is 4.30. The molecule has 0 radical (unpaired) electrons. The van der Waals surface area contributed by atoms with Crippen LogP contribution in [0.15, 0.2) is 23.2 Å². The summed E-state index contributed by atoms with van der Waals surface area (Å²) in [6.45, 7) is 16.1. The first-order valence-electron chi connectivity index (χ1n) is 12.4. The van der Waals surface area contributed by atoms with E-state index in [0.29, 0.717) is 24.3 Å². The van der Waals surface area contributed by atoms with Crippen LogP contribution < -0.4 is 4.74 Å². The number of unbranched alkanes of at least 4 members (excludes halogenated alkanes) is 3. The van der Waals surface area contributed by atoms with Crippen molar-refractivity contribution in [2.75, 3.05) is 19.8 Å². The van der Waals surface area contributed by atoms with Gasteiger partial charge in [0.15, 0.2) is 5.90 Å². The number of aliphatic hydroxyl groups is 1. The van der Waals surface area contributed by atoms with Crippen molar-refractivity contribution in [3.8, 4) is 5.75 Å².